The van der Waals surface area contributed by atoms with E-state index in [1.54, 1.807) is 6.20 Å². The molecule has 3 rings (SSSR count). The number of benzene rings is 1. The van der Waals surface area contributed by atoms with E-state index >= 15 is 0 Å². The minimum atomic E-state index is 0.772. The number of hydrogen-bond acceptors (Lipinski definition) is 4. The fourth-order valence-corrected chi connectivity index (χ4v) is 1.83. The highest BCUT2D eigenvalue weighted by atomic mass is 15.3. The molecule has 0 radical (unpaired) electrons. The molecule has 1 aromatic carbocycles. The third kappa shape index (κ3) is 0.907. The first-order chi connectivity index (χ1) is 6.84. The Kier molecular flexibility index (Phi) is 1.33. The van der Waals surface area contributed by atoms with Gasteiger partial charge in [-0.15, -0.1) is 10.2 Å². The van der Waals surface area contributed by atoms with E-state index < -0.39 is 0 Å². The summed E-state index contributed by atoms with van der Waals surface area (Å²) in [5.74, 6) is 0. The van der Waals surface area contributed by atoms with Gasteiger partial charge in [-0.2, -0.15) is 0 Å². The normalized spacial score (nSPS) is 12.3. The minimum Gasteiger partial charge on any atom is -0.399 e. The molecule has 4 heteroatoms. The summed E-state index contributed by atoms with van der Waals surface area (Å²) in [6.07, 6.45) is 2.58. The van der Waals surface area contributed by atoms with E-state index in [4.69, 9.17) is 5.73 Å². The molecule has 0 bridgehead atoms. The molecule has 0 saturated carbocycles. The molecule has 4 nitrogen and oxygen atoms in total. The van der Waals surface area contributed by atoms with E-state index in [-0.39, 0.29) is 0 Å². The molecule has 0 saturated heterocycles. The van der Waals surface area contributed by atoms with Crippen molar-refractivity contribution in [2.75, 3.05) is 5.73 Å². The van der Waals surface area contributed by atoms with Crippen LogP contribution in [0.25, 0.3) is 11.1 Å². The zero-order valence-corrected chi connectivity index (χ0v) is 7.44. The summed E-state index contributed by atoms with van der Waals surface area (Å²) in [6.45, 7) is 0. The SMILES string of the molecule is Nc1ccc2c(c1)-c1cnnnc1C2. The quantitative estimate of drug-likeness (QED) is 0.530. The summed E-state index contributed by atoms with van der Waals surface area (Å²) in [5, 5.41) is 11.4. The van der Waals surface area contributed by atoms with Crippen LogP contribution in [0.2, 0.25) is 0 Å². The molecular weight excluding hydrogens is 176 g/mol. The molecule has 0 unspecified atom stereocenters. The lowest BCUT2D eigenvalue weighted by molar-refractivity contribution is 0.834. The van der Waals surface area contributed by atoms with Crippen molar-refractivity contribution in [3.63, 3.8) is 0 Å². The first-order valence-electron chi connectivity index (χ1n) is 4.40. The maximum atomic E-state index is 5.73. The fraction of sp³-hybridized carbons (Fsp3) is 0.100. The summed E-state index contributed by atoms with van der Waals surface area (Å²) >= 11 is 0. The number of hydrogen-bond donors (Lipinski definition) is 1. The van der Waals surface area contributed by atoms with Crippen molar-refractivity contribution in [2.24, 2.45) is 0 Å². The molecule has 2 N–H and O–H groups in total. The molecule has 1 aliphatic rings. The van der Waals surface area contributed by atoms with E-state index in [2.05, 4.69) is 15.4 Å². The number of fused-ring (bicyclic) bond motifs is 3. The van der Waals surface area contributed by atoms with Crippen molar-refractivity contribution < 1.29 is 0 Å². The number of rotatable bonds is 0. The summed E-state index contributed by atoms with van der Waals surface area (Å²) < 4.78 is 0. The highest BCUT2D eigenvalue weighted by molar-refractivity contribution is 5.76. The first-order valence-corrected chi connectivity index (χ1v) is 4.40. The first kappa shape index (κ1) is 7.44. The Morgan fingerprint density at radius 2 is 2.14 bits per heavy atom. The Morgan fingerprint density at radius 1 is 1.21 bits per heavy atom. The standard InChI is InChI=1S/C10H8N4/c11-7-2-1-6-3-10-9(8(6)4-7)5-12-14-13-10/h1-2,4-5H,3,11H2. The zero-order chi connectivity index (χ0) is 9.54. The highest BCUT2D eigenvalue weighted by Gasteiger charge is 2.19. The largest absolute Gasteiger partial charge is 0.399 e. The Bertz CT molecular complexity index is 507. The molecular formula is C10H8N4. The molecule has 14 heavy (non-hydrogen) atoms. The second kappa shape index (κ2) is 2.51. The van der Waals surface area contributed by atoms with Crippen molar-refractivity contribution in [1.82, 2.24) is 15.4 Å². The Hall–Kier alpha value is -1.97. The van der Waals surface area contributed by atoms with Crippen molar-refractivity contribution in [2.45, 2.75) is 6.42 Å². The van der Waals surface area contributed by atoms with Crippen LogP contribution in [-0.4, -0.2) is 15.4 Å². The molecule has 0 aliphatic heterocycles. The molecule has 1 aromatic heterocycles. The average molecular weight is 184 g/mol. The molecule has 0 amide bonds. The van der Waals surface area contributed by atoms with Crippen LogP contribution in [0.5, 0.6) is 0 Å². The number of anilines is 1. The zero-order valence-electron chi connectivity index (χ0n) is 7.44. The lowest BCUT2D eigenvalue weighted by Crippen LogP contribution is -1.91. The van der Waals surface area contributed by atoms with Crippen LogP contribution in [0.4, 0.5) is 5.69 Å². The topological polar surface area (TPSA) is 64.7 Å². The molecule has 2 aromatic rings. The van der Waals surface area contributed by atoms with Crippen LogP contribution in [0.1, 0.15) is 11.3 Å². The van der Waals surface area contributed by atoms with Gasteiger partial charge in [0.25, 0.3) is 0 Å². The predicted molar refractivity (Wildman–Crippen MR) is 52.5 cm³/mol. The molecule has 0 atom stereocenters. The van der Waals surface area contributed by atoms with E-state index in [9.17, 15) is 0 Å². The van der Waals surface area contributed by atoms with Crippen molar-refractivity contribution in [3.8, 4) is 11.1 Å². The minimum absolute atomic E-state index is 0.772. The van der Waals surface area contributed by atoms with Gasteiger partial charge in [0.05, 0.1) is 11.9 Å². The molecule has 0 fully saturated rings. The number of aromatic nitrogens is 3. The lowest BCUT2D eigenvalue weighted by Gasteiger charge is -1.99. The summed E-state index contributed by atoms with van der Waals surface area (Å²) in [7, 11) is 0. The number of nitrogen functional groups attached to an aromatic ring is 1. The Balaban J connectivity index is 2.30. The number of nitrogens with two attached hydrogens (primary N) is 1. The van der Waals surface area contributed by atoms with Gasteiger partial charge in [0.15, 0.2) is 0 Å². The number of nitrogens with zero attached hydrogens (tertiary/aromatic N) is 3. The highest BCUT2D eigenvalue weighted by Crippen LogP contribution is 2.35. The lowest BCUT2D eigenvalue weighted by atomic mass is 10.1. The maximum Gasteiger partial charge on any atom is 0.0787 e. The van der Waals surface area contributed by atoms with E-state index in [1.165, 1.54) is 5.56 Å². The second-order valence-electron chi connectivity index (χ2n) is 3.39. The Labute approximate surface area is 80.8 Å². The molecule has 1 aliphatic carbocycles. The third-order valence-electron chi connectivity index (χ3n) is 2.50. The van der Waals surface area contributed by atoms with E-state index in [0.717, 1.165) is 28.9 Å². The summed E-state index contributed by atoms with van der Waals surface area (Å²) in [5.41, 5.74) is 10.9. The van der Waals surface area contributed by atoms with Crippen LogP contribution in [-0.2, 0) is 6.42 Å². The Morgan fingerprint density at radius 3 is 3.07 bits per heavy atom. The van der Waals surface area contributed by atoms with Gasteiger partial charge in [-0.3, -0.25) is 0 Å². The third-order valence-corrected chi connectivity index (χ3v) is 2.50. The van der Waals surface area contributed by atoms with Gasteiger partial charge in [-0.1, -0.05) is 6.07 Å². The smallest absolute Gasteiger partial charge is 0.0787 e. The van der Waals surface area contributed by atoms with Gasteiger partial charge in [-0.25, -0.2) is 0 Å². The van der Waals surface area contributed by atoms with Gasteiger partial charge in [0.1, 0.15) is 0 Å². The van der Waals surface area contributed by atoms with E-state index in [0.29, 0.717) is 0 Å². The van der Waals surface area contributed by atoms with E-state index in [1.807, 2.05) is 18.2 Å². The van der Waals surface area contributed by atoms with Crippen LogP contribution in [0.15, 0.2) is 24.4 Å². The monoisotopic (exact) mass is 184 g/mol. The van der Waals surface area contributed by atoms with Crippen molar-refractivity contribution in [1.29, 1.82) is 0 Å². The molecule has 0 spiro atoms. The average Bonchev–Trinajstić information content (AvgIpc) is 2.56. The maximum absolute atomic E-state index is 5.73. The fourth-order valence-electron chi connectivity index (χ4n) is 1.83. The van der Waals surface area contributed by atoms with Gasteiger partial charge in [0, 0.05) is 17.7 Å². The summed E-state index contributed by atoms with van der Waals surface area (Å²) in [4.78, 5) is 0. The van der Waals surface area contributed by atoms with Crippen LogP contribution in [0.3, 0.4) is 0 Å². The van der Waals surface area contributed by atoms with Gasteiger partial charge in [0.2, 0.25) is 0 Å². The van der Waals surface area contributed by atoms with Crippen LogP contribution >= 0.6 is 0 Å². The van der Waals surface area contributed by atoms with Gasteiger partial charge >= 0.3 is 0 Å². The second-order valence-corrected chi connectivity index (χ2v) is 3.39. The van der Waals surface area contributed by atoms with Crippen molar-refractivity contribution in [3.05, 3.63) is 35.7 Å². The van der Waals surface area contributed by atoms with Gasteiger partial charge in [-0.05, 0) is 28.5 Å². The van der Waals surface area contributed by atoms with Gasteiger partial charge < -0.3 is 5.73 Å². The predicted octanol–water partition coefficient (Wildman–Crippen LogP) is 1.02. The summed E-state index contributed by atoms with van der Waals surface area (Å²) in [6, 6.07) is 5.91. The van der Waals surface area contributed by atoms with Crippen molar-refractivity contribution >= 4 is 5.69 Å². The molecule has 68 valence electrons. The van der Waals surface area contributed by atoms with Crippen LogP contribution < -0.4 is 5.73 Å². The molecule has 1 heterocycles. The van der Waals surface area contributed by atoms with Crippen LogP contribution in [0, 0.1) is 0 Å².